The molecule has 0 spiro atoms. The van der Waals surface area contributed by atoms with Gasteiger partial charge < -0.3 is 32.1 Å². The summed E-state index contributed by atoms with van der Waals surface area (Å²) in [7, 11) is 1.59. The van der Waals surface area contributed by atoms with Gasteiger partial charge in [-0.2, -0.15) is 0 Å². The van der Waals surface area contributed by atoms with E-state index in [2.05, 4.69) is 38.5 Å². The van der Waals surface area contributed by atoms with Gasteiger partial charge in [0, 0.05) is 43.1 Å². The predicted molar refractivity (Wildman–Crippen MR) is 141 cm³/mol. The average molecular weight is 513 g/mol. The molecule has 2 aromatic rings. The summed E-state index contributed by atoms with van der Waals surface area (Å²) in [5.74, 6) is 6.99. The highest BCUT2D eigenvalue weighted by Gasteiger charge is 2.24. The summed E-state index contributed by atoms with van der Waals surface area (Å²) in [6, 6.07) is 8.78. The number of aromatic hydroxyl groups is 1. The van der Waals surface area contributed by atoms with Crippen molar-refractivity contribution in [3.63, 3.8) is 0 Å². The van der Waals surface area contributed by atoms with Gasteiger partial charge in [0.2, 0.25) is 5.82 Å². The average Bonchev–Trinajstić information content (AvgIpc) is 3.03. The minimum atomic E-state index is -2.40. The third-order valence-corrected chi connectivity index (χ3v) is 6.04. The summed E-state index contributed by atoms with van der Waals surface area (Å²) in [5.41, 5.74) is 19.8. The maximum atomic E-state index is 12.5. The first-order chi connectivity index (χ1) is 17.7. The number of phenols is 1. The number of aromatic nitrogens is 2. The first kappa shape index (κ1) is 27.5. The Balaban J connectivity index is 1.74. The van der Waals surface area contributed by atoms with Crippen LogP contribution in [0.5, 0.6) is 5.75 Å². The lowest BCUT2D eigenvalue weighted by Crippen LogP contribution is -2.36. The van der Waals surface area contributed by atoms with Gasteiger partial charge in [0.15, 0.2) is 0 Å². The molecule has 1 fully saturated rings. The summed E-state index contributed by atoms with van der Waals surface area (Å²) in [4.78, 5) is 14.5. The van der Waals surface area contributed by atoms with Gasteiger partial charge in [-0.15, -0.1) is 0 Å². The summed E-state index contributed by atoms with van der Waals surface area (Å²) < 4.78 is 25.0. The number of benzene rings is 1. The Labute approximate surface area is 216 Å². The standard InChI is InChI=1S/C26H34F2N8O/c1-18-10-13-35(21(26(30)31)16-20(29)19-6-3-4-7-22(19)37)14-15-36(18)25-9-11-32-24(33-25)8-5-12-34(2)17-23(27)28/h3-4,6-7,9,11,16,18,23,37H,10,12-15,17,29-31H2,1-2H3/b20-16-. The lowest BCUT2D eigenvalue weighted by atomic mass is 10.1. The Morgan fingerprint density at radius 1 is 1.22 bits per heavy atom. The van der Waals surface area contributed by atoms with Crippen LogP contribution in [0.25, 0.3) is 5.70 Å². The first-order valence-electron chi connectivity index (χ1n) is 12.0. The molecule has 1 aromatic carbocycles. The van der Waals surface area contributed by atoms with Gasteiger partial charge in [-0.05, 0) is 50.6 Å². The zero-order chi connectivity index (χ0) is 26.9. The van der Waals surface area contributed by atoms with E-state index in [1.54, 1.807) is 43.6 Å². The highest BCUT2D eigenvalue weighted by Crippen LogP contribution is 2.25. The molecule has 1 atom stereocenters. The molecule has 0 amide bonds. The Hall–Kier alpha value is -4.04. The molecule has 198 valence electrons. The van der Waals surface area contributed by atoms with Crippen LogP contribution in [-0.2, 0) is 0 Å². The van der Waals surface area contributed by atoms with E-state index in [1.807, 2.05) is 6.07 Å². The second-order valence-corrected chi connectivity index (χ2v) is 8.90. The van der Waals surface area contributed by atoms with Gasteiger partial charge >= 0.3 is 0 Å². The maximum Gasteiger partial charge on any atom is 0.251 e. The van der Waals surface area contributed by atoms with Crippen LogP contribution in [0.3, 0.4) is 0 Å². The molecule has 2 heterocycles. The Bertz CT molecular complexity index is 1190. The van der Waals surface area contributed by atoms with Crippen LogP contribution in [0.2, 0.25) is 0 Å². The molecular formula is C26H34F2N8O. The van der Waals surface area contributed by atoms with Crippen LogP contribution in [0.4, 0.5) is 14.6 Å². The number of halogens is 2. The van der Waals surface area contributed by atoms with Crippen molar-refractivity contribution in [1.29, 1.82) is 0 Å². The summed E-state index contributed by atoms with van der Waals surface area (Å²) in [6.45, 7) is 3.88. The smallest absolute Gasteiger partial charge is 0.251 e. The molecule has 0 bridgehead atoms. The molecule has 0 aliphatic carbocycles. The number of hydrogen-bond acceptors (Lipinski definition) is 9. The van der Waals surface area contributed by atoms with Crippen molar-refractivity contribution in [2.75, 3.05) is 44.7 Å². The number of phenolic OH excluding ortho intramolecular Hbond substituents is 1. The Kier molecular flexibility index (Phi) is 9.51. The van der Waals surface area contributed by atoms with Crippen LogP contribution in [0.1, 0.15) is 24.7 Å². The molecule has 0 radical (unpaired) electrons. The van der Waals surface area contributed by atoms with E-state index in [4.69, 9.17) is 17.2 Å². The highest BCUT2D eigenvalue weighted by atomic mass is 19.3. The number of para-hydroxylation sites is 1. The van der Waals surface area contributed by atoms with Gasteiger partial charge in [-0.3, -0.25) is 4.90 Å². The lowest BCUT2D eigenvalue weighted by molar-refractivity contribution is 0.106. The molecule has 1 aromatic heterocycles. The van der Waals surface area contributed by atoms with Crippen molar-refractivity contribution in [2.45, 2.75) is 25.8 Å². The fourth-order valence-corrected chi connectivity index (χ4v) is 4.06. The van der Waals surface area contributed by atoms with E-state index in [9.17, 15) is 13.9 Å². The number of nitrogens with two attached hydrogens (primary N) is 3. The van der Waals surface area contributed by atoms with E-state index in [0.717, 1.165) is 12.2 Å². The van der Waals surface area contributed by atoms with E-state index < -0.39 is 6.43 Å². The number of anilines is 1. The molecule has 37 heavy (non-hydrogen) atoms. The maximum absolute atomic E-state index is 12.5. The summed E-state index contributed by atoms with van der Waals surface area (Å²) in [6.07, 6.45) is 1.72. The molecule has 9 nitrogen and oxygen atoms in total. The number of rotatable bonds is 7. The molecule has 7 N–H and O–H groups in total. The molecule has 1 unspecified atom stereocenters. The van der Waals surface area contributed by atoms with Gasteiger partial charge in [0.25, 0.3) is 6.43 Å². The van der Waals surface area contributed by atoms with E-state index in [-0.39, 0.29) is 30.7 Å². The van der Waals surface area contributed by atoms with Gasteiger partial charge in [0.1, 0.15) is 17.4 Å². The largest absolute Gasteiger partial charge is 0.507 e. The fraction of sp³-hybridized carbons (Fsp3) is 0.385. The molecular weight excluding hydrogens is 478 g/mol. The summed E-state index contributed by atoms with van der Waals surface area (Å²) in [5, 5.41) is 10.1. The SMILES string of the molecule is CC1CCN(C(/C=C(\N)c2ccccc2O)=C(N)N)CCN1c1ccnc(C#CCN(C)CC(F)F)n1. The van der Waals surface area contributed by atoms with Crippen molar-refractivity contribution < 1.29 is 13.9 Å². The Morgan fingerprint density at radius 3 is 2.68 bits per heavy atom. The lowest BCUT2D eigenvalue weighted by Gasteiger charge is -2.28. The molecule has 3 rings (SSSR count). The van der Waals surface area contributed by atoms with Gasteiger partial charge in [0.05, 0.1) is 18.8 Å². The zero-order valence-electron chi connectivity index (χ0n) is 21.1. The number of nitrogens with zero attached hydrogens (tertiary/aromatic N) is 5. The van der Waals surface area contributed by atoms with E-state index in [1.165, 1.54) is 4.90 Å². The van der Waals surface area contributed by atoms with Crippen LogP contribution in [0, 0.1) is 11.8 Å². The van der Waals surface area contributed by atoms with Crippen molar-refractivity contribution in [3.05, 3.63) is 65.5 Å². The fourth-order valence-electron chi connectivity index (χ4n) is 4.06. The van der Waals surface area contributed by atoms with Gasteiger partial charge in [-0.25, -0.2) is 18.7 Å². The number of alkyl halides is 2. The van der Waals surface area contributed by atoms with Crippen LogP contribution < -0.4 is 22.1 Å². The topological polar surface area (TPSA) is 134 Å². The van der Waals surface area contributed by atoms with E-state index in [0.29, 0.717) is 42.4 Å². The highest BCUT2D eigenvalue weighted by molar-refractivity contribution is 5.69. The second-order valence-electron chi connectivity index (χ2n) is 8.90. The number of allylic oxidation sites excluding steroid dienone is 1. The zero-order valence-corrected chi connectivity index (χ0v) is 21.1. The second kappa shape index (κ2) is 12.8. The minimum Gasteiger partial charge on any atom is -0.507 e. The van der Waals surface area contributed by atoms with Crippen molar-refractivity contribution in [3.8, 4) is 17.6 Å². The van der Waals surface area contributed by atoms with Crippen LogP contribution in [0.15, 0.2) is 54.1 Å². The van der Waals surface area contributed by atoms with E-state index >= 15 is 0 Å². The monoisotopic (exact) mass is 512 g/mol. The van der Waals surface area contributed by atoms with Crippen LogP contribution in [-0.4, -0.2) is 77.1 Å². The number of hydrogen-bond donors (Lipinski definition) is 4. The molecule has 1 aliphatic heterocycles. The van der Waals surface area contributed by atoms with Gasteiger partial charge in [-0.1, -0.05) is 18.1 Å². The molecule has 1 saturated heterocycles. The van der Waals surface area contributed by atoms with Crippen molar-refractivity contribution in [2.24, 2.45) is 17.2 Å². The quantitative estimate of drug-likeness (QED) is 0.323. The molecule has 0 saturated carbocycles. The molecule has 11 heteroatoms. The Morgan fingerprint density at radius 2 is 1.97 bits per heavy atom. The normalized spacial score (nSPS) is 16.4. The summed E-state index contributed by atoms with van der Waals surface area (Å²) >= 11 is 0. The van der Waals surface area contributed by atoms with Crippen molar-refractivity contribution in [1.82, 2.24) is 19.8 Å². The third-order valence-electron chi connectivity index (χ3n) is 6.04. The predicted octanol–water partition coefficient (Wildman–Crippen LogP) is 1.72. The third kappa shape index (κ3) is 7.72. The molecule has 1 aliphatic rings. The minimum absolute atomic E-state index is 0.0742. The van der Waals surface area contributed by atoms with Crippen molar-refractivity contribution >= 4 is 11.5 Å². The van der Waals surface area contributed by atoms with Crippen LogP contribution >= 0.6 is 0 Å². The first-order valence-corrected chi connectivity index (χ1v) is 12.0.